The van der Waals surface area contributed by atoms with E-state index in [0.717, 1.165) is 50.8 Å². The number of nitrogens with zero attached hydrogens (tertiary/aromatic N) is 1. The zero-order valence-electron chi connectivity index (χ0n) is 16.1. The van der Waals surface area contributed by atoms with Crippen LogP contribution in [0.3, 0.4) is 0 Å². The van der Waals surface area contributed by atoms with Crippen molar-refractivity contribution in [3.63, 3.8) is 0 Å². The van der Waals surface area contributed by atoms with Crippen LogP contribution in [0.1, 0.15) is 54.1 Å². The van der Waals surface area contributed by atoms with Crippen LogP contribution in [0.4, 0.5) is 0 Å². The van der Waals surface area contributed by atoms with Gasteiger partial charge >= 0.3 is 0 Å². The Bertz CT molecular complexity index is 856. The molecule has 1 atom stereocenters. The number of ether oxygens (including phenoxy) is 1. The Hall–Kier alpha value is -1.66. The summed E-state index contributed by atoms with van der Waals surface area (Å²) in [4.78, 5) is 12.3. The maximum Gasteiger partial charge on any atom is 0.271 e. The number of nitrogens with one attached hydrogen (secondary N) is 1. The summed E-state index contributed by atoms with van der Waals surface area (Å²) >= 11 is 7.07. The minimum absolute atomic E-state index is 0.179. The van der Waals surface area contributed by atoms with Gasteiger partial charge in [0.25, 0.3) is 5.91 Å². The van der Waals surface area contributed by atoms with E-state index in [1.807, 2.05) is 31.2 Å². The maximum absolute atomic E-state index is 12.3. The van der Waals surface area contributed by atoms with Crippen LogP contribution in [0.5, 0.6) is 5.75 Å². The Balaban J connectivity index is 1.59. The van der Waals surface area contributed by atoms with Gasteiger partial charge in [0.1, 0.15) is 12.4 Å². The van der Waals surface area contributed by atoms with Gasteiger partial charge in [-0.3, -0.25) is 4.79 Å². The first kappa shape index (κ1) is 21.1. The third-order valence-corrected chi connectivity index (χ3v) is 6.11. The van der Waals surface area contributed by atoms with E-state index in [2.05, 4.69) is 49.3 Å². The summed E-state index contributed by atoms with van der Waals surface area (Å²) in [5.74, 6) is 1.04. The van der Waals surface area contributed by atoms with Crippen molar-refractivity contribution >= 4 is 43.5 Å². The van der Waals surface area contributed by atoms with Crippen molar-refractivity contribution in [3.05, 3.63) is 62.0 Å². The zero-order chi connectivity index (χ0) is 20.1. The molecular weight excluding hydrogens is 484 g/mol. The van der Waals surface area contributed by atoms with Gasteiger partial charge in [-0.15, -0.1) is 0 Å². The maximum atomic E-state index is 12.3. The molecule has 1 amide bonds. The third-order valence-electron chi connectivity index (χ3n) is 4.93. The topological polar surface area (TPSA) is 50.7 Å². The van der Waals surface area contributed by atoms with Gasteiger partial charge in [-0.25, -0.2) is 5.43 Å². The second-order valence-corrected chi connectivity index (χ2v) is 8.94. The molecule has 1 saturated carbocycles. The van der Waals surface area contributed by atoms with Gasteiger partial charge in [0, 0.05) is 11.3 Å². The molecule has 0 saturated heterocycles. The number of rotatable bonds is 5. The lowest BCUT2D eigenvalue weighted by Gasteiger charge is -2.19. The highest BCUT2D eigenvalue weighted by Crippen LogP contribution is 2.35. The summed E-state index contributed by atoms with van der Waals surface area (Å²) in [6, 6.07) is 11.4. The van der Waals surface area contributed by atoms with Crippen LogP contribution in [0.2, 0.25) is 0 Å². The Morgan fingerprint density at radius 2 is 1.86 bits per heavy atom. The molecule has 1 aliphatic rings. The number of hydrogen-bond donors (Lipinski definition) is 1. The van der Waals surface area contributed by atoms with E-state index in [1.165, 1.54) is 6.42 Å². The van der Waals surface area contributed by atoms with Crippen molar-refractivity contribution in [2.24, 2.45) is 11.0 Å². The van der Waals surface area contributed by atoms with Crippen molar-refractivity contribution in [3.8, 4) is 5.75 Å². The predicted octanol–water partition coefficient (Wildman–Crippen LogP) is 6.39. The zero-order valence-corrected chi connectivity index (χ0v) is 19.3. The van der Waals surface area contributed by atoms with Gasteiger partial charge < -0.3 is 4.74 Å². The summed E-state index contributed by atoms with van der Waals surface area (Å²) in [5.41, 5.74) is 6.53. The van der Waals surface area contributed by atoms with Crippen LogP contribution in [-0.4, -0.2) is 11.6 Å². The van der Waals surface area contributed by atoms with Gasteiger partial charge in [-0.1, -0.05) is 25.5 Å². The number of halogens is 2. The molecule has 0 aromatic heterocycles. The Kier molecular flexibility index (Phi) is 7.30. The van der Waals surface area contributed by atoms with Gasteiger partial charge in [0.2, 0.25) is 0 Å². The fourth-order valence-electron chi connectivity index (χ4n) is 3.26. The van der Waals surface area contributed by atoms with E-state index in [-0.39, 0.29) is 5.91 Å². The fraction of sp³-hybridized carbons (Fsp3) is 0.364. The first-order valence-electron chi connectivity index (χ1n) is 9.48. The highest BCUT2D eigenvalue weighted by atomic mass is 79.9. The van der Waals surface area contributed by atoms with Crippen molar-refractivity contribution in [2.45, 2.75) is 46.1 Å². The summed E-state index contributed by atoms with van der Waals surface area (Å²) in [6.45, 7) is 4.62. The molecule has 3 rings (SSSR count). The van der Waals surface area contributed by atoms with Crippen LogP contribution in [0.25, 0.3) is 0 Å². The Labute approximate surface area is 183 Å². The van der Waals surface area contributed by atoms with Crippen LogP contribution in [0, 0.1) is 12.8 Å². The largest absolute Gasteiger partial charge is 0.487 e. The van der Waals surface area contributed by atoms with E-state index >= 15 is 0 Å². The molecule has 28 heavy (non-hydrogen) atoms. The lowest BCUT2D eigenvalue weighted by atomic mass is 9.89. The van der Waals surface area contributed by atoms with Gasteiger partial charge in [0.05, 0.1) is 8.95 Å². The smallest absolute Gasteiger partial charge is 0.271 e. The summed E-state index contributed by atoms with van der Waals surface area (Å²) in [5, 5.41) is 4.35. The summed E-state index contributed by atoms with van der Waals surface area (Å²) in [6.07, 6.45) is 4.52. The van der Waals surface area contributed by atoms with E-state index in [0.29, 0.717) is 18.1 Å². The normalized spacial score (nSPS) is 18.1. The van der Waals surface area contributed by atoms with Crippen molar-refractivity contribution in [1.29, 1.82) is 0 Å². The van der Waals surface area contributed by atoms with Gasteiger partial charge in [0.15, 0.2) is 0 Å². The van der Waals surface area contributed by atoms with Crippen molar-refractivity contribution < 1.29 is 9.53 Å². The molecule has 148 valence electrons. The van der Waals surface area contributed by atoms with Crippen molar-refractivity contribution in [1.82, 2.24) is 5.43 Å². The number of hydrogen-bond acceptors (Lipinski definition) is 3. The molecule has 1 N–H and O–H groups in total. The molecule has 0 radical (unpaired) electrons. The number of carbonyl (C=O) groups is 1. The Morgan fingerprint density at radius 1 is 1.18 bits per heavy atom. The van der Waals surface area contributed by atoms with Crippen molar-refractivity contribution in [2.75, 3.05) is 0 Å². The minimum atomic E-state index is -0.179. The molecule has 4 nitrogen and oxygen atoms in total. The quantitative estimate of drug-likeness (QED) is 0.476. The molecule has 2 aromatic rings. The van der Waals surface area contributed by atoms with Gasteiger partial charge in [-0.2, -0.15) is 5.10 Å². The molecule has 6 heteroatoms. The number of benzene rings is 2. The van der Waals surface area contributed by atoms with Crippen LogP contribution >= 0.6 is 31.9 Å². The molecule has 0 heterocycles. The molecule has 1 fully saturated rings. The molecule has 0 bridgehead atoms. The molecule has 0 spiro atoms. The molecule has 1 aliphatic carbocycles. The summed E-state index contributed by atoms with van der Waals surface area (Å²) in [7, 11) is 0. The number of aryl methyl sites for hydroxylation is 1. The third kappa shape index (κ3) is 5.45. The molecule has 2 aromatic carbocycles. The monoisotopic (exact) mass is 506 g/mol. The number of hydrazone groups is 1. The van der Waals surface area contributed by atoms with E-state index < -0.39 is 0 Å². The van der Waals surface area contributed by atoms with Crippen LogP contribution < -0.4 is 10.2 Å². The average molecular weight is 508 g/mol. The second-order valence-electron chi connectivity index (χ2n) is 7.23. The first-order valence-corrected chi connectivity index (χ1v) is 11.1. The summed E-state index contributed by atoms with van der Waals surface area (Å²) < 4.78 is 7.75. The highest BCUT2D eigenvalue weighted by Gasteiger charge is 2.16. The average Bonchev–Trinajstić information content (AvgIpc) is 2.67. The van der Waals surface area contributed by atoms with Crippen LogP contribution in [0.15, 0.2) is 50.4 Å². The SMILES string of the molecule is Cc1cc(Br)c(OCc2ccc(C(=O)NN=C3CCCCC3C)cc2)c(Br)c1. The standard InChI is InChI=1S/C22H24Br2N2O2/c1-14-11-18(23)21(19(24)12-14)28-13-16-7-9-17(10-8-16)22(27)26-25-20-6-4-3-5-15(20)2/h7-12,15H,3-6,13H2,1-2H3,(H,26,27). The lowest BCUT2D eigenvalue weighted by molar-refractivity contribution is 0.0954. The Morgan fingerprint density at radius 3 is 2.50 bits per heavy atom. The highest BCUT2D eigenvalue weighted by molar-refractivity contribution is 9.11. The molecular formula is C22H24Br2N2O2. The second kappa shape index (κ2) is 9.70. The predicted molar refractivity (Wildman–Crippen MR) is 120 cm³/mol. The molecule has 0 aliphatic heterocycles. The lowest BCUT2D eigenvalue weighted by Crippen LogP contribution is -2.24. The van der Waals surface area contributed by atoms with Crippen LogP contribution in [-0.2, 0) is 6.61 Å². The minimum Gasteiger partial charge on any atom is -0.487 e. The van der Waals surface area contributed by atoms with E-state index in [9.17, 15) is 4.79 Å². The van der Waals surface area contributed by atoms with E-state index in [1.54, 1.807) is 12.1 Å². The molecule has 1 unspecified atom stereocenters. The number of carbonyl (C=O) groups excluding carboxylic acids is 1. The van der Waals surface area contributed by atoms with E-state index in [4.69, 9.17) is 4.74 Å². The number of amides is 1. The fourth-order valence-corrected chi connectivity index (χ4v) is 4.90. The first-order chi connectivity index (χ1) is 13.4. The van der Waals surface area contributed by atoms with Gasteiger partial charge in [-0.05, 0) is 99.4 Å².